The van der Waals surface area contributed by atoms with E-state index >= 15 is 0 Å². The Morgan fingerprint density at radius 3 is 2.64 bits per heavy atom. The molecule has 2 aromatic rings. The van der Waals surface area contributed by atoms with E-state index in [1.165, 1.54) is 0 Å². The second-order valence-corrected chi connectivity index (χ2v) is 7.60. The average molecular weight is 397 g/mol. The van der Waals surface area contributed by atoms with Crippen molar-refractivity contribution in [3.05, 3.63) is 59.3 Å². The lowest BCUT2D eigenvalue weighted by atomic mass is 9.93. The summed E-state index contributed by atoms with van der Waals surface area (Å²) >= 11 is 5.65. The van der Waals surface area contributed by atoms with Gasteiger partial charge in [-0.2, -0.15) is 0 Å². The van der Waals surface area contributed by atoms with Gasteiger partial charge in [-0.3, -0.25) is 0 Å². The number of allylic oxidation sites excluding steroid dienone is 1. The SMILES string of the molecule is COCCOC(=O)C1=C(C)N(C2CC2)C(=S)N[C@H]1c1ccc2ccccc2c1. The Labute approximate surface area is 170 Å². The summed E-state index contributed by atoms with van der Waals surface area (Å²) in [5, 5.41) is 6.35. The van der Waals surface area contributed by atoms with E-state index in [9.17, 15) is 4.79 Å². The zero-order valence-corrected chi connectivity index (χ0v) is 16.9. The number of nitrogens with one attached hydrogen (secondary N) is 1. The second kappa shape index (κ2) is 7.89. The molecule has 1 fully saturated rings. The molecule has 1 heterocycles. The van der Waals surface area contributed by atoms with Crippen LogP contribution in [0.2, 0.25) is 0 Å². The second-order valence-electron chi connectivity index (χ2n) is 7.22. The Morgan fingerprint density at radius 1 is 1.18 bits per heavy atom. The van der Waals surface area contributed by atoms with Gasteiger partial charge in [-0.1, -0.05) is 36.4 Å². The zero-order chi connectivity index (χ0) is 19.7. The highest BCUT2D eigenvalue weighted by molar-refractivity contribution is 7.80. The monoisotopic (exact) mass is 396 g/mol. The topological polar surface area (TPSA) is 50.8 Å². The Kier molecular flexibility index (Phi) is 5.33. The summed E-state index contributed by atoms with van der Waals surface area (Å²) in [6, 6.07) is 14.5. The summed E-state index contributed by atoms with van der Waals surface area (Å²) in [6.45, 7) is 2.56. The van der Waals surface area contributed by atoms with Gasteiger partial charge in [0.15, 0.2) is 5.11 Å². The number of fused-ring (bicyclic) bond motifs is 1. The Balaban J connectivity index is 1.74. The van der Waals surface area contributed by atoms with E-state index in [0.29, 0.717) is 23.3 Å². The van der Waals surface area contributed by atoms with Crippen LogP contribution < -0.4 is 5.32 Å². The van der Waals surface area contributed by atoms with Gasteiger partial charge in [0.2, 0.25) is 0 Å². The van der Waals surface area contributed by atoms with Crippen LogP contribution >= 0.6 is 12.2 Å². The first-order valence-corrected chi connectivity index (χ1v) is 9.96. The highest BCUT2D eigenvalue weighted by Crippen LogP contribution is 2.38. The number of carbonyl (C=O) groups excluding carboxylic acids is 1. The molecule has 4 rings (SSSR count). The standard InChI is InChI=1S/C22H24N2O3S/c1-14-19(21(25)27-12-11-26-2)20(23-22(28)24(14)18-9-10-18)17-8-7-15-5-3-4-6-16(15)13-17/h3-8,13,18,20H,9-12H2,1-2H3,(H,23,28)/t20-/m0/s1. The van der Waals surface area contributed by atoms with Crippen molar-refractivity contribution in [2.75, 3.05) is 20.3 Å². The summed E-state index contributed by atoms with van der Waals surface area (Å²) in [5.74, 6) is -0.326. The van der Waals surface area contributed by atoms with Crippen LogP contribution in [0, 0.1) is 0 Å². The quantitative estimate of drug-likeness (QED) is 0.457. The molecule has 0 saturated heterocycles. The molecule has 2 aliphatic rings. The van der Waals surface area contributed by atoms with Crippen LogP contribution in [-0.4, -0.2) is 42.3 Å². The summed E-state index contributed by atoms with van der Waals surface area (Å²) in [6.07, 6.45) is 2.18. The van der Waals surface area contributed by atoms with Gasteiger partial charge < -0.3 is 19.7 Å². The molecular formula is C22H24N2O3S. The number of benzene rings is 2. The fraction of sp³-hybridized carbons (Fsp3) is 0.364. The van der Waals surface area contributed by atoms with Crippen LogP contribution in [0.15, 0.2) is 53.7 Å². The first kappa shape index (κ1) is 18.9. The van der Waals surface area contributed by atoms with Gasteiger partial charge in [-0.25, -0.2) is 4.79 Å². The van der Waals surface area contributed by atoms with E-state index in [-0.39, 0.29) is 18.6 Å². The molecule has 0 aromatic heterocycles. The Morgan fingerprint density at radius 2 is 1.93 bits per heavy atom. The maximum atomic E-state index is 13.0. The van der Waals surface area contributed by atoms with E-state index in [4.69, 9.17) is 21.7 Å². The third-order valence-electron chi connectivity index (χ3n) is 5.29. The first-order valence-electron chi connectivity index (χ1n) is 9.55. The molecule has 2 aromatic carbocycles. The molecule has 1 aliphatic carbocycles. The van der Waals surface area contributed by atoms with Gasteiger partial charge in [-0.05, 0) is 54.4 Å². The molecule has 146 valence electrons. The van der Waals surface area contributed by atoms with Gasteiger partial charge in [0, 0.05) is 18.8 Å². The number of carbonyl (C=O) groups is 1. The molecular weight excluding hydrogens is 372 g/mol. The molecule has 0 bridgehead atoms. The number of nitrogens with zero attached hydrogens (tertiary/aromatic N) is 1. The maximum Gasteiger partial charge on any atom is 0.338 e. The van der Waals surface area contributed by atoms with E-state index in [0.717, 1.165) is 34.9 Å². The molecule has 1 aliphatic heterocycles. The van der Waals surface area contributed by atoms with E-state index in [1.807, 2.05) is 25.1 Å². The summed E-state index contributed by atoms with van der Waals surface area (Å²) in [4.78, 5) is 15.0. The zero-order valence-electron chi connectivity index (χ0n) is 16.1. The summed E-state index contributed by atoms with van der Waals surface area (Å²) < 4.78 is 10.5. The molecule has 0 spiro atoms. The molecule has 5 nitrogen and oxygen atoms in total. The van der Waals surface area contributed by atoms with Crippen molar-refractivity contribution < 1.29 is 14.3 Å². The lowest BCUT2D eigenvalue weighted by Crippen LogP contribution is -2.48. The third-order valence-corrected chi connectivity index (χ3v) is 5.60. The number of esters is 1. The predicted octanol–water partition coefficient (Wildman–Crippen LogP) is 3.70. The molecule has 28 heavy (non-hydrogen) atoms. The number of thiocarbonyl (C=S) groups is 1. The van der Waals surface area contributed by atoms with Gasteiger partial charge in [0.05, 0.1) is 18.2 Å². The number of rotatable bonds is 6. The molecule has 0 amide bonds. The smallest absolute Gasteiger partial charge is 0.338 e. The van der Waals surface area contributed by atoms with Crippen LogP contribution in [-0.2, 0) is 14.3 Å². The van der Waals surface area contributed by atoms with Gasteiger partial charge in [-0.15, -0.1) is 0 Å². The fourth-order valence-corrected chi connectivity index (χ4v) is 4.13. The molecule has 6 heteroatoms. The highest BCUT2D eigenvalue weighted by Gasteiger charge is 2.40. The third kappa shape index (κ3) is 3.62. The minimum Gasteiger partial charge on any atom is -0.460 e. The van der Waals surface area contributed by atoms with Crippen molar-refractivity contribution in [3.8, 4) is 0 Å². The van der Waals surface area contributed by atoms with Crippen molar-refractivity contribution in [1.29, 1.82) is 0 Å². The van der Waals surface area contributed by atoms with Crippen LogP contribution in [0.25, 0.3) is 10.8 Å². The fourth-order valence-electron chi connectivity index (χ4n) is 3.73. The molecule has 0 unspecified atom stereocenters. The average Bonchev–Trinajstić information content (AvgIpc) is 3.52. The lowest BCUT2D eigenvalue weighted by molar-refractivity contribution is -0.140. The number of methoxy groups -OCH3 is 1. The van der Waals surface area contributed by atoms with E-state index < -0.39 is 0 Å². The Bertz CT molecular complexity index is 952. The van der Waals surface area contributed by atoms with Gasteiger partial charge in [0.25, 0.3) is 0 Å². The van der Waals surface area contributed by atoms with Crippen LogP contribution in [0.1, 0.15) is 31.4 Å². The normalized spacial score (nSPS) is 19.7. The number of hydrogen-bond donors (Lipinski definition) is 1. The Hall–Kier alpha value is -2.44. The number of ether oxygens (including phenoxy) is 2. The minimum absolute atomic E-state index is 0.227. The van der Waals surface area contributed by atoms with Crippen molar-refractivity contribution in [1.82, 2.24) is 10.2 Å². The van der Waals surface area contributed by atoms with E-state index in [2.05, 4.69) is 34.5 Å². The van der Waals surface area contributed by atoms with Crippen molar-refractivity contribution in [2.45, 2.75) is 31.8 Å². The molecule has 0 radical (unpaired) electrons. The van der Waals surface area contributed by atoms with Gasteiger partial charge in [0.1, 0.15) is 6.61 Å². The van der Waals surface area contributed by atoms with Crippen molar-refractivity contribution in [3.63, 3.8) is 0 Å². The highest BCUT2D eigenvalue weighted by atomic mass is 32.1. The van der Waals surface area contributed by atoms with Gasteiger partial charge >= 0.3 is 5.97 Å². The number of hydrogen-bond acceptors (Lipinski definition) is 4. The molecule has 1 atom stereocenters. The minimum atomic E-state index is -0.331. The van der Waals surface area contributed by atoms with Crippen LogP contribution in [0.5, 0.6) is 0 Å². The first-order chi connectivity index (χ1) is 13.6. The summed E-state index contributed by atoms with van der Waals surface area (Å²) in [5.41, 5.74) is 2.49. The van der Waals surface area contributed by atoms with Crippen LogP contribution in [0.3, 0.4) is 0 Å². The summed E-state index contributed by atoms with van der Waals surface area (Å²) in [7, 11) is 1.59. The molecule has 1 N–H and O–H groups in total. The predicted molar refractivity (Wildman–Crippen MR) is 113 cm³/mol. The van der Waals surface area contributed by atoms with E-state index in [1.54, 1.807) is 7.11 Å². The lowest BCUT2D eigenvalue weighted by Gasteiger charge is -2.37. The maximum absolute atomic E-state index is 13.0. The molecule has 1 saturated carbocycles. The van der Waals surface area contributed by atoms with Crippen molar-refractivity contribution >= 4 is 34.1 Å². The largest absolute Gasteiger partial charge is 0.460 e. The van der Waals surface area contributed by atoms with Crippen LogP contribution in [0.4, 0.5) is 0 Å². The van der Waals surface area contributed by atoms with Crippen molar-refractivity contribution in [2.24, 2.45) is 0 Å².